The second kappa shape index (κ2) is 9.53. The fourth-order valence-electron chi connectivity index (χ4n) is 5.42. The van der Waals surface area contributed by atoms with E-state index in [0.29, 0.717) is 23.3 Å². The van der Waals surface area contributed by atoms with Crippen molar-refractivity contribution >= 4 is 40.2 Å². The molecule has 10 heteroatoms. The monoisotopic (exact) mass is 540 g/mol. The lowest BCUT2D eigenvalue weighted by atomic mass is 9.93. The van der Waals surface area contributed by atoms with E-state index in [4.69, 9.17) is 15.1 Å². The Kier molecular flexibility index (Phi) is 5.67. The number of aromatic nitrogens is 3. The van der Waals surface area contributed by atoms with Crippen LogP contribution >= 0.6 is 0 Å². The highest BCUT2D eigenvalue weighted by Crippen LogP contribution is 2.48. The van der Waals surface area contributed by atoms with Crippen LogP contribution in [0.4, 0.5) is 28.6 Å². The van der Waals surface area contributed by atoms with Gasteiger partial charge in [-0.25, -0.2) is 15.0 Å². The van der Waals surface area contributed by atoms with Crippen LogP contribution in [0.2, 0.25) is 0 Å². The molecule has 2 aromatic heterocycles. The number of non-ortho nitro benzene ring substituents is 1. The Morgan fingerprint density at radius 1 is 0.902 bits per heavy atom. The summed E-state index contributed by atoms with van der Waals surface area (Å²) < 4.78 is 1.73. The first kappa shape index (κ1) is 24.4. The molecule has 0 saturated heterocycles. The van der Waals surface area contributed by atoms with Crippen molar-refractivity contribution in [1.82, 2.24) is 14.8 Å². The molecule has 1 N–H and O–H groups in total. The van der Waals surface area contributed by atoms with Crippen LogP contribution in [-0.2, 0) is 0 Å². The van der Waals surface area contributed by atoms with Gasteiger partial charge in [-0.2, -0.15) is 9.78 Å². The predicted octanol–water partition coefficient (Wildman–Crippen LogP) is 6.59. The molecule has 4 heterocycles. The first-order valence-electron chi connectivity index (χ1n) is 13.1. The van der Waals surface area contributed by atoms with Crippen molar-refractivity contribution in [3.05, 3.63) is 130 Å². The minimum Gasteiger partial charge on any atom is -0.337 e. The van der Waals surface area contributed by atoms with Gasteiger partial charge in [-0.1, -0.05) is 42.5 Å². The number of aliphatic imine (C=N–C) groups is 2. The number of aryl methyl sites for hydroxylation is 2. The molecule has 7 rings (SSSR count). The fraction of sp³-hybridized carbons (Fsp3) is 0.0968. The summed E-state index contributed by atoms with van der Waals surface area (Å²) in [6, 6.07) is 27.8. The molecule has 0 aliphatic carbocycles. The van der Waals surface area contributed by atoms with Crippen LogP contribution in [0.5, 0.6) is 0 Å². The van der Waals surface area contributed by atoms with E-state index in [1.807, 2.05) is 86.6 Å². The summed E-state index contributed by atoms with van der Waals surface area (Å²) in [4.78, 5) is 28.2. The summed E-state index contributed by atoms with van der Waals surface area (Å²) in [6.07, 6.45) is 1.71. The van der Waals surface area contributed by atoms with E-state index >= 15 is 0 Å². The van der Waals surface area contributed by atoms with Crippen LogP contribution in [0, 0.1) is 24.0 Å². The number of anilines is 2. The first-order chi connectivity index (χ1) is 20.0. The highest BCUT2D eigenvalue weighted by Gasteiger charge is 2.42. The number of para-hydroxylation sites is 2. The number of nitro benzene ring substituents is 1. The standard InChI is InChI=1S/C31H24N8O2/c1-19-9-7-11-22(17-19)33-29-31-35-30-27(20(2)36-38(30)26-15-5-6-16-32-26)28(21-10-8-12-23(18-21)39(40)41)37(31)25-14-4-3-13-24(25)34-29/h3-18,28H,1-2H3,(H,33,34)/t28-/m1/s1. The van der Waals surface area contributed by atoms with E-state index in [1.54, 1.807) is 23.0 Å². The second-order valence-corrected chi connectivity index (χ2v) is 9.93. The van der Waals surface area contributed by atoms with Gasteiger partial charge in [0.15, 0.2) is 23.3 Å². The lowest BCUT2D eigenvalue weighted by Crippen LogP contribution is -2.46. The number of hydrogen-bond donors (Lipinski definition) is 1. The van der Waals surface area contributed by atoms with E-state index in [-0.39, 0.29) is 10.6 Å². The lowest BCUT2D eigenvalue weighted by molar-refractivity contribution is -0.384. The largest absolute Gasteiger partial charge is 0.337 e. The summed E-state index contributed by atoms with van der Waals surface area (Å²) in [6.45, 7) is 3.96. The number of nitrogens with one attached hydrogen (secondary N) is 1. The van der Waals surface area contributed by atoms with E-state index in [9.17, 15) is 10.1 Å². The van der Waals surface area contributed by atoms with Crippen molar-refractivity contribution in [3.8, 4) is 5.82 Å². The molecule has 0 bridgehead atoms. The van der Waals surface area contributed by atoms with E-state index in [0.717, 1.165) is 39.4 Å². The van der Waals surface area contributed by atoms with Crippen LogP contribution in [0.3, 0.4) is 0 Å². The zero-order chi connectivity index (χ0) is 28.1. The van der Waals surface area contributed by atoms with Gasteiger partial charge in [-0.15, -0.1) is 0 Å². The van der Waals surface area contributed by atoms with Crippen LogP contribution < -0.4 is 10.2 Å². The summed E-state index contributed by atoms with van der Waals surface area (Å²) in [7, 11) is 0. The van der Waals surface area contributed by atoms with Gasteiger partial charge in [-0.3, -0.25) is 10.1 Å². The van der Waals surface area contributed by atoms with Crippen molar-refractivity contribution in [2.24, 2.45) is 9.98 Å². The Morgan fingerprint density at radius 2 is 1.73 bits per heavy atom. The van der Waals surface area contributed by atoms with Gasteiger partial charge in [0, 0.05) is 29.6 Å². The highest BCUT2D eigenvalue weighted by molar-refractivity contribution is 6.51. The number of pyridine rings is 1. The SMILES string of the molecule is Cc1cccc(NC2=Nc3ccccc3N3C2=Nc2c(c(C)nn2-c2ccccn2)[C@H]3c2cccc([N+](=O)[O-])c2)c1. The average molecular weight is 541 g/mol. The van der Waals surface area contributed by atoms with Crippen molar-refractivity contribution in [3.63, 3.8) is 0 Å². The van der Waals surface area contributed by atoms with Gasteiger partial charge in [-0.05, 0) is 61.4 Å². The highest BCUT2D eigenvalue weighted by atomic mass is 16.6. The zero-order valence-electron chi connectivity index (χ0n) is 22.3. The molecule has 41 heavy (non-hydrogen) atoms. The molecular formula is C31H24N8O2. The normalized spacial score (nSPS) is 15.3. The van der Waals surface area contributed by atoms with Crippen molar-refractivity contribution in [1.29, 1.82) is 0 Å². The molecule has 5 aromatic rings. The quantitative estimate of drug-likeness (QED) is 0.203. The van der Waals surface area contributed by atoms with Gasteiger partial charge in [0.25, 0.3) is 5.69 Å². The number of nitro groups is 1. The third-order valence-corrected chi connectivity index (χ3v) is 7.18. The summed E-state index contributed by atoms with van der Waals surface area (Å²) in [5, 5.41) is 20.2. The molecule has 0 fully saturated rings. The topological polar surface area (TPSA) is 114 Å². The molecule has 0 unspecified atom stereocenters. The number of fused-ring (bicyclic) bond motifs is 4. The number of rotatable bonds is 4. The second-order valence-electron chi connectivity index (χ2n) is 9.93. The van der Waals surface area contributed by atoms with E-state index < -0.39 is 6.04 Å². The van der Waals surface area contributed by atoms with Crippen molar-refractivity contribution in [2.75, 3.05) is 10.2 Å². The van der Waals surface area contributed by atoms with E-state index in [1.165, 1.54) is 6.07 Å². The predicted molar refractivity (Wildman–Crippen MR) is 159 cm³/mol. The van der Waals surface area contributed by atoms with Gasteiger partial charge < -0.3 is 10.2 Å². The Bertz CT molecular complexity index is 1890. The molecule has 0 saturated carbocycles. The molecular weight excluding hydrogens is 516 g/mol. The summed E-state index contributed by atoms with van der Waals surface area (Å²) in [5.41, 5.74) is 5.92. The van der Waals surface area contributed by atoms with Gasteiger partial charge in [0.1, 0.15) is 0 Å². The minimum absolute atomic E-state index is 0.0138. The average Bonchev–Trinajstić information content (AvgIpc) is 3.32. The molecule has 0 radical (unpaired) electrons. The molecule has 2 aliphatic heterocycles. The van der Waals surface area contributed by atoms with Crippen LogP contribution in [0.1, 0.15) is 28.4 Å². The molecule has 3 aromatic carbocycles. The number of amidine groups is 2. The fourth-order valence-corrected chi connectivity index (χ4v) is 5.42. The lowest BCUT2D eigenvalue weighted by Gasteiger charge is -2.40. The smallest absolute Gasteiger partial charge is 0.269 e. The van der Waals surface area contributed by atoms with Gasteiger partial charge in [0.05, 0.1) is 28.0 Å². The number of hydrogen-bond acceptors (Lipinski definition) is 8. The summed E-state index contributed by atoms with van der Waals surface area (Å²) in [5.74, 6) is 2.35. The maximum absolute atomic E-state index is 11.8. The first-order valence-corrected chi connectivity index (χ1v) is 13.1. The molecule has 0 amide bonds. The zero-order valence-corrected chi connectivity index (χ0v) is 22.3. The molecule has 10 nitrogen and oxygen atoms in total. The maximum Gasteiger partial charge on any atom is 0.269 e. The Balaban J connectivity index is 1.51. The maximum atomic E-state index is 11.8. The Labute approximate surface area is 235 Å². The van der Waals surface area contributed by atoms with Gasteiger partial charge in [0.2, 0.25) is 0 Å². The van der Waals surface area contributed by atoms with Crippen molar-refractivity contribution in [2.45, 2.75) is 19.9 Å². The number of benzene rings is 3. The van der Waals surface area contributed by atoms with Crippen LogP contribution in [0.25, 0.3) is 5.82 Å². The van der Waals surface area contributed by atoms with Crippen molar-refractivity contribution < 1.29 is 4.92 Å². The van der Waals surface area contributed by atoms with Crippen LogP contribution in [0.15, 0.2) is 107 Å². The Hall–Kier alpha value is -5.64. The van der Waals surface area contributed by atoms with Crippen LogP contribution in [-0.4, -0.2) is 31.4 Å². The number of nitrogens with zero attached hydrogens (tertiary/aromatic N) is 7. The summed E-state index contributed by atoms with van der Waals surface area (Å²) >= 11 is 0. The molecule has 1 atom stereocenters. The molecule has 0 spiro atoms. The molecule has 2 aliphatic rings. The third kappa shape index (κ3) is 4.13. The minimum atomic E-state index is -0.471. The van der Waals surface area contributed by atoms with Gasteiger partial charge >= 0.3 is 0 Å². The molecule has 200 valence electrons. The Morgan fingerprint density at radius 3 is 2.54 bits per heavy atom. The van der Waals surface area contributed by atoms with E-state index in [2.05, 4.69) is 15.2 Å². The third-order valence-electron chi connectivity index (χ3n) is 7.18.